The number of amides is 1. The first-order valence-electron chi connectivity index (χ1n) is 12.1. The molecule has 2 N–H and O–H groups in total. The van der Waals surface area contributed by atoms with Gasteiger partial charge < -0.3 is 15.3 Å². The van der Waals surface area contributed by atoms with Crippen LogP contribution in [0.25, 0.3) is 11.1 Å². The summed E-state index contributed by atoms with van der Waals surface area (Å²) in [5.74, 6) is -0.131. The summed E-state index contributed by atoms with van der Waals surface area (Å²) < 4.78 is 29.1. The minimum atomic E-state index is -3.73. The molecule has 0 aromatic heterocycles. The zero-order valence-electron chi connectivity index (χ0n) is 20.7. The molecule has 8 heteroatoms. The Kier molecular flexibility index (Phi) is 6.36. The Morgan fingerprint density at radius 3 is 2.47 bits per heavy atom. The third kappa shape index (κ3) is 4.19. The number of aryl methyl sites for hydroxylation is 1. The summed E-state index contributed by atoms with van der Waals surface area (Å²) in [7, 11) is -0.286. The van der Waals surface area contributed by atoms with Gasteiger partial charge in [0.2, 0.25) is 10.0 Å². The number of anilines is 1. The van der Waals surface area contributed by atoms with Crippen LogP contribution < -0.4 is 5.32 Å². The second-order valence-electron chi connectivity index (χ2n) is 9.84. The number of carbonyl (C=O) groups is 1. The molecule has 3 atom stereocenters. The Bertz CT molecular complexity index is 1400. The van der Waals surface area contributed by atoms with Gasteiger partial charge in [0, 0.05) is 37.8 Å². The molecule has 1 fully saturated rings. The van der Waals surface area contributed by atoms with E-state index in [1.807, 2.05) is 55.5 Å². The minimum Gasteiger partial charge on any atom is -0.394 e. The van der Waals surface area contributed by atoms with Crippen LogP contribution in [-0.4, -0.2) is 61.9 Å². The molecule has 5 rings (SSSR count). The number of carbonyl (C=O) groups excluding carboxylic acids is 1. The molecule has 0 saturated carbocycles. The summed E-state index contributed by atoms with van der Waals surface area (Å²) in [6, 6.07) is 19.7. The number of nitrogens with zero attached hydrogens (tertiary/aromatic N) is 2. The summed E-state index contributed by atoms with van der Waals surface area (Å²) in [6.45, 7) is 2.25. The van der Waals surface area contributed by atoms with E-state index in [1.54, 1.807) is 41.5 Å². The molecule has 2 heterocycles. The Balaban J connectivity index is 1.58. The van der Waals surface area contributed by atoms with Crippen molar-refractivity contribution < 1.29 is 18.3 Å². The zero-order valence-corrected chi connectivity index (χ0v) is 21.5. The molecule has 1 saturated heterocycles. The Morgan fingerprint density at radius 1 is 1.06 bits per heavy atom. The van der Waals surface area contributed by atoms with E-state index in [1.165, 1.54) is 0 Å². The van der Waals surface area contributed by atoms with Crippen molar-refractivity contribution in [2.75, 3.05) is 32.6 Å². The molecule has 3 aromatic carbocycles. The van der Waals surface area contributed by atoms with Gasteiger partial charge in [-0.3, -0.25) is 4.79 Å². The maximum absolute atomic E-state index is 13.7. The molecule has 3 aromatic rings. The lowest BCUT2D eigenvalue weighted by Gasteiger charge is -2.39. The number of sulfonamides is 1. The summed E-state index contributed by atoms with van der Waals surface area (Å²) in [4.78, 5) is 14.3. The molecule has 7 nitrogen and oxygen atoms in total. The van der Waals surface area contributed by atoms with Crippen molar-refractivity contribution in [3.05, 3.63) is 83.4 Å². The Morgan fingerprint density at radius 2 is 1.78 bits per heavy atom. The number of rotatable bonds is 5. The van der Waals surface area contributed by atoms with Gasteiger partial charge in [-0.2, -0.15) is 4.31 Å². The first-order valence-corrected chi connectivity index (χ1v) is 13.6. The van der Waals surface area contributed by atoms with Gasteiger partial charge in [-0.15, -0.1) is 0 Å². The molecule has 36 heavy (non-hydrogen) atoms. The van der Waals surface area contributed by atoms with Crippen LogP contribution in [0.15, 0.2) is 71.6 Å². The molecule has 0 radical (unpaired) electrons. The third-order valence-electron chi connectivity index (χ3n) is 7.30. The van der Waals surface area contributed by atoms with Crippen LogP contribution >= 0.6 is 0 Å². The zero-order chi connectivity index (χ0) is 25.6. The molecule has 0 unspecified atom stereocenters. The van der Waals surface area contributed by atoms with Crippen LogP contribution in [0.5, 0.6) is 0 Å². The molecule has 188 valence electrons. The van der Waals surface area contributed by atoms with E-state index in [2.05, 4.69) is 5.32 Å². The van der Waals surface area contributed by atoms with Gasteiger partial charge in [0.15, 0.2) is 0 Å². The van der Waals surface area contributed by atoms with E-state index in [0.717, 1.165) is 27.9 Å². The Hall–Kier alpha value is -3.20. The van der Waals surface area contributed by atoms with Crippen LogP contribution in [0.1, 0.15) is 33.9 Å². The van der Waals surface area contributed by atoms with Crippen molar-refractivity contribution in [1.29, 1.82) is 0 Å². The lowest BCUT2D eigenvalue weighted by molar-refractivity contribution is 0.0827. The number of hydrogen-bond donors (Lipinski definition) is 2. The molecule has 2 aliphatic heterocycles. The van der Waals surface area contributed by atoms with Crippen LogP contribution in [0, 0.1) is 12.8 Å². The summed E-state index contributed by atoms with van der Waals surface area (Å²) in [5.41, 5.74) is 5.10. The number of aliphatic hydroxyl groups is 1. The average Bonchev–Trinajstić information content (AvgIpc) is 3.34. The summed E-state index contributed by atoms with van der Waals surface area (Å²) in [5, 5.41) is 13.5. The van der Waals surface area contributed by atoms with Crippen molar-refractivity contribution in [3.8, 4) is 11.1 Å². The predicted molar refractivity (Wildman–Crippen MR) is 140 cm³/mol. The lowest BCUT2D eigenvalue weighted by Crippen LogP contribution is -2.42. The molecular weight excluding hydrogens is 474 g/mol. The monoisotopic (exact) mass is 505 g/mol. The molecule has 0 spiro atoms. The van der Waals surface area contributed by atoms with Crippen LogP contribution in [0.4, 0.5) is 5.69 Å². The molecule has 0 bridgehead atoms. The highest BCUT2D eigenvalue weighted by Crippen LogP contribution is 2.49. The van der Waals surface area contributed by atoms with Crippen molar-refractivity contribution in [1.82, 2.24) is 9.21 Å². The van der Waals surface area contributed by atoms with Gasteiger partial charge in [-0.25, -0.2) is 8.42 Å². The van der Waals surface area contributed by atoms with Crippen LogP contribution in [-0.2, 0) is 10.0 Å². The van der Waals surface area contributed by atoms with Gasteiger partial charge in [-0.1, -0.05) is 35.9 Å². The Labute approximate surface area is 212 Å². The van der Waals surface area contributed by atoms with Crippen molar-refractivity contribution in [3.63, 3.8) is 0 Å². The standard InChI is InChI=1S/C28H31N3O4S/c1-18-7-10-22(11-8-18)36(34,35)31-14-13-23-26(17-32)29-25-12-9-20(16-24(25)27(23)31)19-5-4-6-21(15-19)28(33)30(2)3/h4-12,15-16,23,26-27,29,32H,13-14,17H2,1-3H3/t23-,26-,27-/m0/s1. The van der Waals surface area contributed by atoms with E-state index in [-0.39, 0.29) is 29.4 Å². The van der Waals surface area contributed by atoms with E-state index in [4.69, 9.17) is 0 Å². The van der Waals surface area contributed by atoms with E-state index in [9.17, 15) is 18.3 Å². The minimum absolute atomic E-state index is 0.0559. The van der Waals surface area contributed by atoms with Crippen molar-refractivity contribution in [2.24, 2.45) is 5.92 Å². The highest BCUT2D eigenvalue weighted by Gasteiger charge is 2.48. The number of fused-ring (bicyclic) bond motifs is 3. The number of benzene rings is 3. The number of nitrogens with one attached hydrogen (secondary N) is 1. The topological polar surface area (TPSA) is 90.0 Å². The second-order valence-corrected chi connectivity index (χ2v) is 11.7. The highest BCUT2D eigenvalue weighted by atomic mass is 32.2. The fraction of sp³-hybridized carbons (Fsp3) is 0.321. The molecule has 1 amide bonds. The number of hydrogen-bond acceptors (Lipinski definition) is 5. The van der Waals surface area contributed by atoms with E-state index in [0.29, 0.717) is 18.5 Å². The third-order valence-corrected chi connectivity index (χ3v) is 9.19. The maximum atomic E-state index is 13.7. The fourth-order valence-corrected chi connectivity index (χ4v) is 7.07. The normalized spacial score (nSPS) is 21.4. The van der Waals surface area contributed by atoms with Gasteiger partial charge >= 0.3 is 0 Å². The van der Waals surface area contributed by atoms with Crippen LogP contribution in [0.2, 0.25) is 0 Å². The SMILES string of the molecule is Cc1ccc(S(=O)(=O)N2CC[C@H]3[C@H](CO)Nc4ccc(-c5cccc(C(=O)N(C)C)c5)cc4[C@H]32)cc1. The van der Waals surface area contributed by atoms with Crippen LogP contribution in [0.3, 0.4) is 0 Å². The molecular formula is C28H31N3O4S. The maximum Gasteiger partial charge on any atom is 0.253 e. The highest BCUT2D eigenvalue weighted by molar-refractivity contribution is 7.89. The average molecular weight is 506 g/mol. The van der Waals surface area contributed by atoms with E-state index >= 15 is 0 Å². The fourth-order valence-electron chi connectivity index (χ4n) is 5.41. The van der Waals surface area contributed by atoms with Gasteiger partial charge in [0.1, 0.15) is 0 Å². The van der Waals surface area contributed by atoms with Gasteiger partial charge in [0.05, 0.1) is 23.6 Å². The first-order chi connectivity index (χ1) is 17.2. The summed E-state index contributed by atoms with van der Waals surface area (Å²) in [6.07, 6.45) is 0.657. The van der Waals surface area contributed by atoms with Gasteiger partial charge in [-0.05, 0) is 66.4 Å². The first kappa shape index (κ1) is 24.5. The van der Waals surface area contributed by atoms with Crippen molar-refractivity contribution >= 4 is 21.6 Å². The quantitative estimate of drug-likeness (QED) is 0.549. The molecule has 0 aliphatic carbocycles. The van der Waals surface area contributed by atoms with Gasteiger partial charge in [0.25, 0.3) is 5.91 Å². The smallest absolute Gasteiger partial charge is 0.253 e. The summed E-state index contributed by atoms with van der Waals surface area (Å²) >= 11 is 0. The number of aliphatic hydroxyl groups excluding tert-OH is 1. The second kappa shape index (κ2) is 9.35. The van der Waals surface area contributed by atoms with E-state index < -0.39 is 16.1 Å². The lowest BCUT2D eigenvalue weighted by atomic mass is 9.82. The molecule has 2 aliphatic rings. The predicted octanol–water partition coefficient (Wildman–Crippen LogP) is 3.90. The van der Waals surface area contributed by atoms with Crippen molar-refractivity contribution in [2.45, 2.75) is 30.3 Å². The largest absolute Gasteiger partial charge is 0.394 e.